The van der Waals surface area contributed by atoms with Crippen molar-refractivity contribution < 1.29 is 38.3 Å². The van der Waals surface area contributed by atoms with Crippen LogP contribution in [0.4, 0.5) is 0 Å². The van der Waals surface area contributed by atoms with Gasteiger partial charge in [-0.15, -0.1) is 0 Å². The number of ether oxygens (including phenoxy) is 6. The Balaban J connectivity index is 1.75. The average molecular weight is 414 g/mol. The van der Waals surface area contributed by atoms with Crippen molar-refractivity contribution >= 4 is 5.97 Å². The van der Waals surface area contributed by atoms with Crippen molar-refractivity contribution in [1.29, 1.82) is 0 Å². The predicted octanol–water partition coefficient (Wildman–Crippen LogP) is 2.62. The van der Waals surface area contributed by atoms with E-state index in [0.717, 1.165) is 16.7 Å². The summed E-state index contributed by atoms with van der Waals surface area (Å²) in [5, 5.41) is 10.9. The second-order valence-electron chi connectivity index (χ2n) is 7.58. The molecule has 0 saturated carbocycles. The van der Waals surface area contributed by atoms with Crippen LogP contribution < -0.4 is 23.7 Å². The van der Waals surface area contributed by atoms with Crippen molar-refractivity contribution in [2.45, 2.75) is 12.3 Å². The Kier molecular flexibility index (Phi) is 4.30. The zero-order chi connectivity index (χ0) is 21.0. The highest BCUT2D eigenvalue weighted by molar-refractivity contribution is 5.79. The Morgan fingerprint density at radius 2 is 1.73 bits per heavy atom. The first-order valence-corrected chi connectivity index (χ1v) is 9.68. The number of phenolic OH excluding ortho intramolecular Hbond substituents is 1. The lowest BCUT2D eigenvalue weighted by Gasteiger charge is -2.34. The topological polar surface area (TPSA) is 92.7 Å². The minimum Gasteiger partial charge on any atom is -0.504 e. The lowest BCUT2D eigenvalue weighted by atomic mass is 9.67. The summed E-state index contributed by atoms with van der Waals surface area (Å²) in [6.45, 7) is 0.368. The van der Waals surface area contributed by atoms with Gasteiger partial charge in [-0.3, -0.25) is 4.79 Å². The molecule has 0 unspecified atom stereocenters. The summed E-state index contributed by atoms with van der Waals surface area (Å²) in [4.78, 5) is 12.7. The average Bonchev–Trinajstić information content (AvgIpc) is 3.38. The molecule has 3 atom stereocenters. The first-order valence-electron chi connectivity index (χ1n) is 9.68. The fourth-order valence-corrected chi connectivity index (χ4v) is 4.87. The fraction of sp³-hybridized carbons (Fsp3) is 0.409. The Labute approximate surface area is 173 Å². The van der Waals surface area contributed by atoms with Crippen LogP contribution in [0.25, 0.3) is 0 Å². The summed E-state index contributed by atoms with van der Waals surface area (Å²) in [6, 6.07) is 5.53. The van der Waals surface area contributed by atoms with Gasteiger partial charge in [-0.2, -0.15) is 0 Å². The molecule has 0 spiro atoms. The predicted molar refractivity (Wildman–Crippen MR) is 104 cm³/mol. The Morgan fingerprint density at radius 3 is 2.40 bits per heavy atom. The van der Waals surface area contributed by atoms with E-state index >= 15 is 0 Å². The van der Waals surface area contributed by atoms with Crippen LogP contribution >= 0.6 is 0 Å². The van der Waals surface area contributed by atoms with Gasteiger partial charge in [-0.25, -0.2) is 0 Å². The van der Waals surface area contributed by atoms with Gasteiger partial charge in [-0.1, -0.05) is 0 Å². The molecule has 2 heterocycles. The molecule has 0 amide bonds. The first-order chi connectivity index (χ1) is 14.6. The first kappa shape index (κ1) is 18.7. The van der Waals surface area contributed by atoms with E-state index in [-0.39, 0.29) is 36.3 Å². The number of hydrogen-bond acceptors (Lipinski definition) is 8. The van der Waals surface area contributed by atoms with Gasteiger partial charge >= 0.3 is 5.97 Å². The molecule has 0 radical (unpaired) electrons. The third-order valence-electron chi connectivity index (χ3n) is 6.20. The molecule has 0 aromatic heterocycles. The number of methoxy groups -OCH3 is 3. The number of hydrogen-bond donors (Lipinski definition) is 1. The maximum Gasteiger partial charge on any atom is 0.310 e. The normalized spacial score (nSPS) is 23.4. The number of cyclic esters (lactones) is 1. The van der Waals surface area contributed by atoms with Gasteiger partial charge in [0.05, 0.1) is 33.9 Å². The molecular weight excluding hydrogens is 392 g/mol. The summed E-state index contributed by atoms with van der Waals surface area (Å²) in [7, 11) is 4.64. The number of benzene rings is 2. The number of carbonyl (C=O) groups excluding carboxylic acids is 1. The minimum atomic E-state index is -0.389. The highest BCUT2D eigenvalue weighted by Crippen LogP contribution is 2.55. The highest BCUT2D eigenvalue weighted by atomic mass is 16.7. The van der Waals surface area contributed by atoms with Gasteiger partial charge in [0.1, 0.15) is 0 Å². The van der Waals surface area contributed by atoms with Crippen LogP contribution in [0, 0.1) is 11.8 Å². The van der Waals surface area contributed by atoms with Gasteiger partial charge < -0.3 is 33.5 Å². The molecule has 30 heavy (non-hydrogen) atoms. The Bertz CT molecular complexity index is 1010. The second kappa shape index (κ2) is 6.90. The van der Waals surface area contributed by atoms with Crippen molar-refractivity contribution in [3.63, 3.8) is 0 Å². The van der Waals surface area contributed by atoms with E-state index in [2.05, 4.69) is 0 Å². The van der Waals surface area contributed by atoms with Gasteiger partial charge in [0.2, 0.25) is 18.3 Å². The molecule has 5 rings (SSSR count). The summed E-state index contributed by atoms with van der Waals surface area (Å²) >= 11 is 0. The van der Waals surface area contributed by atoms with Gasteiger partial charge in [-0.05, 0) is 35.7 Å². The van der Waals surface area contributed by atoms with Crippen molar-refractivity contribution in [2.24, 2.45) is 11.8 Å². The smallest absolute Gasteiger partial charge is 0.310 e. The van der Waals surface area contributed by atoms with Crippen LogP contribution in [-0.2, 0) is 16.0 Å². The van der Waals surface area contributed by atoms with Crippen molar-refractivity contribution in [1.82, 2.24) is 0 Å². The zero-order valence-electron chi connectivity index (χ0n) is 16.9. The number of rotatable bonds is 4. The molecular formula is C22H22O8. The van der Waals surface area contributed by atoms with Crippen molar-refractivity contribution in [2.75, 3.05) is 34.7 Å². The van der Waals surface area contributed by atoms with E-state index < -0.39 is 0 Å². The molecule has 2 aromatic rings. The largest absolute Gasteiger partial charge is 0.504 e. The molecule has 8 nitrogen and oxygen atoms in total. The number of phenols is 1. The Morgan fingerprint density at radius 1 is 1.00 bits per heavy atom. The van der Waals surface area contributed by atoms with Crippen molar-refractivity contribution in [3.05, 3.63) is 34.9 Å². The number of fused-ring (bicyclic) bond motifs is 3. The van der Waals surface area contributed by atoms with Crippen LogP contribution in [0.1, 0.15) is 22.6 Å². The van der Waals surface area contributed by atoms with Crippen molar-refractivity contribution in [3.8, 4) is 34.5 Å². The highest BCUT2D eigenvalue weighted by Gasteiger charge is 2.49. The lowest BCUT2D eigenvalue weighted by Crippen LogP contribution is -2.31. The fourth-order valence-electron chi connectivity index (χ4n) is 4.87. The summed E-state index contributed by atoms with van der Waals surface area (Å²) in [5.74, 6) is 1.27. The van der Waals surface area contributed by atoms with Crippen LogP contribution in [0.3, 0.4) is 0 Å². The second-order valence-corrected chi connectivity index (χ2v) is 7.58. The van der Waals surface area contributed by atoms with Crippen LogP contribution in [0.15, 0.2) is 18.2 Å². The molecule has 1 aliphatic carbocycles. The third-order valence-corrected chi connectivity index (χ3v) is 6.20. The zero-order valence-corrected chi connectivity index (χ0v) is 16.9. The molecule has 2 aromatic carbocycles. The molecule has 158 valence electrons. The standard InChI is InChI=1S/C22H22O8/c1-25-14-5-10(6-15(26-2)20(14)27-3)17-12-7-16-21(30-9-29-16)19(23)13(12)4-11-8-28-22(24)18(11)17/h5-7,11,17-18,23H,4,8-9H2,1-3H3/t11-,17-,18-/m1/s1. The monoisotopic (exact) mass is 414 g/mol. The van der Waals surface area contributed by atoms with E-state index in [1.54, 1.807) is 21.3 Å². The number of esters is 1. The maximum absolute atomic E-state index is 12.7. The maximum atomic E-state index is 12.7. The molecule has 3 aliphatic rings. The molecule has 8 heteroatoms. The molecule has 1 saturated heterocycles. The van der Waals surface area contributed by atoms with Crippen LogP contribution in [-0.4, -0.2) is 45.8 Å². The van der Waals surface area contributed by atoms with E-state index in [4.69, 9.17) is 28.4 Å². The summed E-state index contributed by atoms with van der Waals surface area (Å²) in [6.07, 6.45) is 0.523. The SMILES string of the molecule is COc1cc([C@@H]2c3cc4c(c(O)c3C[C@@H]3COC(=O)[C@H]32)OCO4)cc(OC)c1OC. The van der Waals surface area contributed by atoms with E-state index in [0.29, 0.717) is 41.8 Å². The summed E-state index contributed by atoms with van der Waals surface area (Å²) in [5.41, 5.74) is 2.36. The van der Waals surface area contributed by atoms with E-state index in [1.165, 1.54) is 0 Å². The van der Waals surface area contributed by atoms with Crippen LogP contribution in [0.5, 0.6) is 34.5 Å². The lowest BCUT2D eigenvalue weighted by molar-refractivity contribution is -0.141. The molecule has 0 bridgehead atoms. The molecule has 1 fully saturated rings. The van der Waals surface area contributed by atoms with Gasteiger partial charge in [0, 0.05) is 17.4 Å². The minimum absolute atomic E-state index is 0.0511. The molecule has 1 N–H and O–H groups in total. The molecule has 2 aliphatic heterocycles. The van der Waals surface area contributed by atoms with Gasteiger partial charge in [0.25, 0.3) is 0 Å². The van der Waals surface area contributed by atoms with E-state index in [1.807, 2.05) is 18.2 Å². The quantitative estimate of drug-likeness (QED) is 0.764. The Hall–Kier alpha value is -3.29. The summed E-state index contributed by atoms with van der Waals surface area (Å²) < 4.78 is 32.9. The number of aromatic hydroxyl groups is 1. The van der Waals surface area contributed by atoms with E-state index in [9.17, 15) is 9.90 Å². The van der Waals surface area contributed by atoms with Crippen LogP contribution in [0.2, 0.25) is 0 Å². The number of carbonyl (C=O) groups is 1. The van der Waals surface area contributed by atoms with Gasteiger partial charge in [0.15, 0.2) is 23.0 Å². The third kappa shape index (κ3) is 2.56.